The molecule has 0 radical (unpaired) electrons. The van der Waals surface area contributed by atoms with Crippen molar-refractivity contribution in [3.8, 4) is 17.1 Å². The van der Waals surface area contributed by atoms with Crippen molar-refractivity contribution >= 4 is 12.4 Å². The van der Waals surface area contributed by atoms with Crippen molar-refractivity contribution in [2.45, 2.75) is 12.7 Å². The number of nitrogens with one attached hydrogen (secondary N) is 1. The van der Waals surface area contributed by atoms with Crippen LogP contribution in [0.25, 0.3) is 11.4 Å². The van der Waals surface area contributed by atoms with Crippen LogP contribution in [-0.2, 0) is 11.3 Å². The van der Waals surface area contributed by atoms with Crippen LogP contribution >= 0.6 is 12.4 Å². The summed E-state index contributed by atoms with van der Waals surface area (Å²) in [5.41, 5.74) is 1.98. The van der Waals surface area contributed by atoms with Gasteiger partial charge >= 0.3 is 0 Å². The van der Waals surface area contributed by atoms with E-state index >= 15 is 0 Å². The summed E-state index contributed by atoms with van der Waals surface area (Å²) in [5, 5.41) is 7.31. The molecular weight excluding hydrogens is 354 g/mol. The first kappa shape index (κ1) is 18.4. The highest BCUT2D eigenvalue weighted by Crippen LogP contribution is 2.22. The SMILES string of the molecule is Cl.c1ccc(OCc2ccc(-c3noc([C@@H]4CNCCO4)n3)cc2)cc1. The average molecular weight is 374 g/mol. The number of halogens is 1. The number of nitrogens with zero attached hydrogens (tertiary/aromatic N) is 2. The van der Waals surface area contributed by atoms with Crippen LogP contribution in [0.1, 0.15) is 17.6 Å². The monoisotopic (exact) mass is 373 g/mol. The highest BCUT2D eigenvalue weighted by molar-refractivity contribution is 5.85. The molecule has 0 unspecified atom stereocenters. The van der Waals surface area contributed by atoms with Gasteiger partial charge in [0.25, 0.3) is 5.89 Å². The summed E-state index contributed by atoms with van der Waals surface area (Å²) >= 11 is 0. The third kappa shape index (κ3) is 4.40. The Morgan fingerprint density at radius 3 is 2.62 bits per heavy atom. The third-order valence-electron chi connectivity index (χ3n) is 4.01. The number of benzene rings is 2. The molecule has 0 bridgehead atoms. The molecule has 4 rings (SSSR count). The van der Waals surface area contributed by atoms with Crippen LogP contribution in [0.4, 0.5) is 0 Å². The van der Waals surface area contributed by atoms with Gasteiger partial charge in [0.2, 0.25) is 5.82 Å². The predicted octanol–water partition coefficient (Wildman–Crippen LogP) is 3.40. The van der Waals surface area contributed by atoms with Gasteiger partial charge in [-0.3, -0.25) is 0 Å². The quantitative estimate of drug-likeness (QED) is 0.739. The number of rotatable bonds is 5. The lowest BCUT2D eigenvalue weighted by Crippen LogP contribution is -2.33. The lowest BCUT2D eigenvalue weighted by molar-refractivity contribution is 0.00755. The molecule has 1 saturated heterocycles. The molecule has 1 aliphatic rings. The fourth-order valence-electron chi connectivity index (χ4n) is 2.64. The number of para-hydroxylation sites is 1. The maximum atomic E-state index is 5.75. The molecule has 1 aliphatic heterocycles. The third-order valence-corrected chi connectivity index (χ3v) is 4.01. The van der Waals surface area contributed by atoms with Gasteiger partial charge in [0.1, 0.15) is 18.5 Å². The van der Waals surface area contributed by atoms with Gasteiger partial charge in [-0.05, 0) is 17.7 Å². The van der Waals surface area contributed by atoms with E-state index in [2.05, 4.69) is 15.5 Å². The second-order valence-electron chi connectivity index (χ2n) is 5.82. The first-order valence-electron chi connectivity index (χ1n) is 8.31. The van der Waals surface area contributed by atoms with E-state index in [0.29, 0.717) is 31.5 Å². The molecule has 0 amide bonds. The molecule has 1 N–H and O–H groups in total. The molecule has 3 aromatic rings. The van der Waals surface area contributed by atoms with Crippen LogP contribution in [0.15, 0.2) is 59.1 Å². The fourth-order valence-corrected chi connectivity index (χ4v) is 2.64. The molecule has 2 heterocycles. The molecular formula is C19H20ClN3O3. The summed E-state index contributed by atoms with van der Waals surface area (Å²) < 4.78 is 16.7. The van der Waals surface area contributed by atoms with E-state index in [0.717, 1.165) is 23.4 Å². The zero-order valence-corrected chi connectivity index (χ0v) is 14.9. The van der Waals surface area contributed by atoms with Gasteiger partial charge in [-0.1, -0.05) is 47.6 Å². The maximum Gasteiger partial charge on any atom is 0.257 e. The van der Waals surface area contributed by atoms with Gasteiger partial charge in [0.05, 0.1) is 6.61 Å². The van der Waals surface area contributed by atoms with E-state index in [1.807, 2.05) is 54.6 Å². The van der Waals surface area contributed by atoms with Crippen LogP contribution < -0.4 is 10.1 Å². The molecule has 0 saturated carbocycles. The second-order valence-corrected chi connectivity index (χ2v) is 5.82. The molecule has 1 aromatic heterocycles. The van der Waals surface area contributed by atoms with Gasteiger partial charge in [0, 0.05) is 18.7 Å². The van der Waals surface area contributed by atoms with Crippen molar-refractivity contribution in [2.75, 3.05) is 19.7 Å². The van der Waals surface area contributed by atoms with Gasteiger partial charge in [0.15, 0.2) is 0 Å². The Hall–Kier alpha value is -2.41. The maximum absolute atomic E-state index is 5.75. The van der Waals surface area contributed by atoms with Crippen LogP contribution in [0.2, 0.25) is 0 Å². The summed E-state index contributed by atoms with van der Waals surface area (Å²) in [6.07, 6.45) is -0.173. The zero-order valence-electron chi connectivity index (χ0n) is 14.1. The highest BCUT2D eigenvalue weighted by Gasteiger charge is 2.22. The van der Waals surface area contributed by atoms with Crippen LogP contribution in [-0.4, -0.2) is 29.8 Å². The van der Waals surface area contributed by atoms with Crippen molar-refractivity contribution in [1.82, 2.24) is 15.5 Å². The Labute approximate surface area is 157 Å². The number of hydrogen-bond donors (Lipinski definition) is 1. The predicted molar refractivity (Wildman–Crippen MR) is 99.3 cm³/mol. The topological polar surface area (TPSA) is 69.4 Å². The minimum absolute atomic E-state index is 0. The van der Waals surface area contributed by atoms with Crippen molar-refractivity contribution in [3.63, 3.8) is 0 Å². The van der Waals surface area contributed by atoms with E-state index in [9.17, 15) is 0 Å². The normalized spacial score (nSPS) is 16.7. The molecule has 0 aliphatic carbocycles. The van der Waals surface area contributed by atoms with Gasteiger partial charge < -0.3 is 19.3 Å². The number of ether oxygens (including phenoxy) is 2. The smallest absolute Gasteiger partial charge is 0.257 e. The Bertz CT molecular complexity index is 802. The highest BCUT2D eigenvalue weighted by atomic mass is 35.5. The molecule has 1 atom stereocenters. The largest absolute Gasteiger partial charge is 0.489 e. The summed E-state index contributed by atoms with van der Waals surface area (Å²) in [4.78, 5) is 4.45. The summed E-state index contributed by atoms with van der Waals surface area (Å²) in [7, 11) is 0. The van der Waals surface area contributed by atoms with Crippen LogP contribution in [0, 0.1) is 0 Å². The molecule has 136 valence electrons. The van der Waals surface area contributed by atoms with Crippen LogP contribution in [0.3, 0.4) is 0 Å². The standard InChI is InChI=1S/C19H19N3O3.ClH/c1-2-4-16(5-3-1)24-13-14-6-8-15(9-7-14)18-21-19(25-22-18)17-12-20-10-11-23-17;/h1-9,17,20H,10-13H2;1H/t17-;/m0./s1. The number of aromatic nitrogens is 2. The summed E-state index contributed by atoms with van der Waals surface area (Å²) in [6.45, 7) is 2.71. The molecule has 2 aromatic carbocycles. The van der Waals surface area contributed by atoms with Crippen molar-refractivity contribution in [1.29, 1.82) is 0 Å². The van der Waals surface area contributed by atoms with Crippen molar-refractivity contribution in [2.24, 2.45) is 0 Å². The van der Waals surface area contributed by atoms with E-state index in [-0.39, 0.29) is 18.5 Å². The van der Waals surface area contributed by atoms with Gasteiger partial charge in [-0.15, -0.1) is 12.4 Å². The molecule has 0 spiro atoms. The lowest BCUT2D eigenvalue weighted by atomic mass is 10.1. The second kappa shape index (κ2) is 8.80. The molecule has 1 fully saturated rings. The zero-order chi connectivity index (χ0) is 16.9. The lowest BCUT2D eigenvalue weighted by Gasteiger charge is -2.19. The minimum atomic E-state index is -0.173. The first-order chi connectivity index (χ1) is 12.4. The van der Waals surface area contributed by atoms with E-state index in [1.54, 1.807) is 0 Å². The Kier molecular flexibility index (Phi) is 6.22. The van der Waals surface area contributed by atoms with E-state index < -0.39 is 0 Å². The molecule has 6 nitrogen and oxygen atoms in total. The molecule has 26 heavy (non-hydrogen) atoms. The van der Waals surface area contributed by atoms with Crippen molar-refractivity contribution < 1.29 is 14.0 Å². The van der Waals surface area contributed by atoms with Crippen molar-refractivity contribution in [3.05, 3.63) is 66.1 Å². The Balaban J connectivity index is 0.00000196. The number of morpholine rings is 1. The van der Waals surface area contributed by atoms with Crippen LogP contribution in [0.5, 0.6) is 5.75 Å². The van der Waals surface area contributed by atoms with E-state index in [1.165, 1.54) is 0 Å². The molecule has 7 heteroatoms. The summed E-state index contributed by atoms with van der Waals surface area (Å²) in [6, 6.07) is 17.7. The average Bonchev–Trinajstić information content (AvgIpc) is 3.19. The van der Waals surface area contributed by atoms with E-state index in [4.69, 9.17) is 14.0 Å². The Morgan fingerprint density at radius 1 is 1.08 bits per heavy atom. The number of hydrogen-bond acceptors (Lipinski definition) is 6. The summed E-state index contributed by atoms with van der Waals surface area (Å²) in [5.74, 6) is 1.94. The van der Waals surface area contributed by atoms with Gasteiger partial charge in [-0.25, -0.2) is 0 Å². The first-order valence-corrected chi connectivity index (χ1v) is 8.31. The van der Waals surface area contributed by atoms with Gasteiger partial charge in [-0.2, -0.15) is 4.98 Å². The minimum Gasteiger partial charge on any atom is -0.489 e. The fraction of sp³-hybridized carbons (Fsp3) is 0.263. The Morgan fingerprint density at radius 2 is 1.88 bits per heavy atom.